The van der Waals surface area contributed by atoms with E-state index in [4.69, 9.17) is 9.72 Å². The summed E-state index contributed by atoms with van der Waals surface area (Å²) >= 11 is 1.64. The molecule has 2 heterocycles. The van der Waals surface area contributed by atoms with E-state index in [1.807, 2.05) is 19.1 Å². The third kappa shape index (κ3) is 3.61. The van der Waals surface area contributed by atoms with Crippen LogP contribution in [0, 0.1) is 0 Å². The number of aromatic nitrogens is 1. The second-order valence-electron chi connectivity index (χ2n) is 6.68. The topological polar surface area (TPSA) is 71.5 Å². The molecular formula is C17H23N3O3S2. The second-order valence-corrected chi connectivity index (χ2v) is 9.68. The SMILES string of the molecule is CCOc1cccc2sc(N3CCCC(NS(=O)(=O)C4CC4)C3)nc12. The minimum Gasteiger partial charge on any atom is -0.492 e. The summed E-state index contributed by atoms with van der Waals surface area (Å²) in [6.07, 6.45) is 3.44. The van der Waals surface area contributed by atoms with Gasteiger partial charge in [-0.15, -0.1) is 0 Å². The van der Waals surface area contributed by atoms with Crippen LogP contribution < -0.4 is 14.4 Å². The Morgan fingerprint density at radius 3 is 2.96 bits per heavy atom. The van der Waals surface area contributed by atoms with E-state index in [0.29, 0.717) is 13.2 Å². The van der Waals surface area contributed by atoms with Gasteiger partial charge in [0.05, 0.1) is 16.6 Å². The molecule has 2 aromatic rings. The first kappa shape index (κ1) is 17.1. The normalized spacial score (nSPS) is 21.6. The van der Waals surface area contributed by atoms with Gasteiger partial charge in [-0.3, -0.25) is 0 Å². The van der Waals surface area contributed by atoms with Crippen LogP contribution in [0.1, 0.15) is 32.6 Å². The zero-order valence-corrected chi connectivity index (χ0v) is 15.9. The van der Waals surface area contributed by atoms with Gasteiger partial charge in [0, 0.05) is 19.1 Å². The summed E-state index contributed by atoms with van der Waals surface area (Å²) in [5.41, 5.74) is 0.894. The van der Waals surface area contributed by atoms with E-state index in [9.17, 15) is 8.42 Å². The highest BCUT2D eigenvalue weighted by Gasteiger charge is 2.37. The van der Waals surface area contributed by atoms with Gasteiger partial charge >= 0.3 is 0 Å². The number of anilines is 1. The molecule has 0 spiro atoms. The number of ether oxygens (including phenoxy) is 1. The van der Waals surface area contributed by atoms with Crippen LogP contribution in [-0.4, -0.2) is 44.4 Å². The molecule has 25 heavy (non-hydrogen) atoms. The molecule has 8 heteroatoms. The highest BCUT2D eigenvalue weighted by Crippen LogP contribution is 2.35. The number of fused-ring (bicyclic) bond motifs is 1. The van der Waals surface area contributed by atoms with Gasteiger partial charge in [0.25, 0.3) is 0 Å². The van der Waals surface area contributed by atoms with Crippen molar-refractivity contribution in [2.24, 2.45) is 0 Å². The van der Waals surface area contributed by atoms with Crippen LogP contribution in [-0.2, 0) is 10.0 Å². The maximum atomic E-state index is 12.2. The minimum atomic E-state index is -3.14. The van der Waals surface area contributed by atoms with E-state index in [1.54, 1.807) is 11.3 Å². The quantitative estimate of drug-likeness (QED) is 0.833. The van der Waals surface area contributed by atoms with Gasteiger partial charge in [-0.05, 0) is 44.7 Å². The first-order valence-corrected chi connectivity index (χ1v) is 11.2. The number of rotatable bonds is 6. The summed E-state index contributed by atoms with van der Waals surface area (Å²) < 4.78 is 34.1. The molecule has 1 aliphatic carbocycles. The number of thiazole rings is 1. The maximum Gasteiger partial charge on any atom is 0.214 e. The molecular weight excluding hydrogens is 358 g/mol. The molecule has 1 saturated carbocycles. The number of nitrogens with one attached hydrogen (secondary N) is 1. The van der Waals surface area contributed by atoms with Crippen LogP contribution in [0.25, 0.3) is 10.2 Å². The number of para-hydroxylation sites is 1. The standard InChI is InChI=1S/C17H23N3O3S2/c1-2-23-14-6-3-7-15-16(14)18-17(24-15)20-10-4-5-12(11-20)19-25(21,22)13-8-9-13/h3,6-7,12-13,19H,2,4-5,8-11H2,1H3. The summed E-state index contributed by atoms with van der Waals surface area (Å²) in [6.45, 7) is 4.16. The molecule has 136 valence electrons. The monoisotopic (exact) mass is 381 g/mol. The van der Waals surface area contributed by atoms with E-state index in [1.165, 1.54) is 0 Å². The summed E-state index contributed by atoms with van der Waals surface area (Å²) in [5.74, 6) is 0.811. The molecule has 2 fully saturated rings. The number of hydrogen-bond donors (Lipinski definition) is 1. The summed E-state index contributed by atoms with van der Waals surface area (Å²) in [4.78, 5) is 6.97. The molecule has 0 amide bonds. The van der Waals surface area contributed by atoms with Crippen molar-refractivity contribution in [2.75, 3.05) is 24.6 Å². The van der Waals surface area contributed by atoms with E-state index in [0.717, 1.165) is 53.3 Å². The molecule has 2 aliphatic rings. The Bertz CT molecular complexity index is 861. The molecule has 1 atom stereocenters. The number of sulfonamides is 1. The molecule has 1 N–H and O–H groups in total. The fourth-order valence-corrected chi connectivity index (χ4v) is 5.90. The third-order valence-corrected chi connectivity index (χ3v) is 7.75. The second kappa shape index (κ2) is 6.74. The predicted molar refractivity (Wildman–Crippen MR) is 101 cm³/mol. The van der Waals surface area contributed by atoms with Crippen molar-refractivity contribution >= 4 is 36.7 Å². The van der Waals surface area contributed by atoms with Gasteiger partial charge in [0.2, 0.25) is 10.0 Å². The molecule has 1 saturated heterocycles. The third-order valence-electron chi connectivity index (χ3n) is 4.66. The zero-order chi connectivity index (χ0) is 17.4. The van der Waals surface area contributed by atoms with E-state index in [-0.39, 0.29) is 11.3 Å². The Balaban J connectivity index is 1.53. The van der Waals surface area contributed by atoms with Gasteiger partial charge < -0.3 is 9.64 Å². The Labute approximate surface area is 152 Å². The first-order valence-electron chi connectivity index (χ1n) is 8.85. The molecule has 6 nitrogen and oxygen atoms in total. The fourth-order valence-electron chi connectivity index (χ4n) is 3.27. The highest BCUT2D eigenvalue weighted by molar-refractivity contribution is 7.90. The van der Waals surface area contributed by atoms with E-state index < -0.39 is 10.0 Å². The summed E-state index contributed by atoms with van der Waals surface area (Å²) in [5, 5.41) is 0.775. The van der Waals surface area contributed by atoms with Crippen molar-refractivity contribution in [3.05, 3.63) is 18.2 Å². The number of nitrogens with zero attached hydrogens (tertiary/aromatic N) is 2. The average molecular weight is 382 g/mol. The molecule has 1 aromatic heterocycles. The number of piperidine rings is 1. The Hall–Kier alpha value is -1.38. The van der Waals surface area contributed by atoms with Crippen molar-refractivity contribution in [2.45, 2.75) is 43.9 Å². The maximum absolute atomic E-state index is 12.2. The largest absolute Gasteiger partial charge is 0.492 e. The van der Waals surface area contributed by atoms with Gasteiger partial charge in [-0.25, -0.2) is 18.1 Å². The molecule has 1 unspecified atom stereocenters. The van der Waals surface area contributed by atoms with Gasteiger partial charge in [-0.2, -0.15) is 0 Å². The molecule has 0 radical (unpaired) electrons. The van der Waals surface area contributed by atoms with Crippen LogP contribution in [0.15, 0.2) is 18.2 Å². The lowest BCUT2D eigenvalue weighted by atomic mass is 10.1. The minimum absolute atomic E-state index is 0.0299. The van der Waals surface area contributed by atoms with Crippen molar-refractivity contribution in [1.82, 2.24) is 9.71 Å². The Morgan fingerprint density at radius 1 is 1.36 bits per heavy atom. The zero-order valence-electron chi connectivity index (χ0n) is 14.3. The predicted octanol–water partition coefficient (Wildman–Crippen LogP) is 2.75. The van der Waals surface area contributed by atoms with Crippen LogP contribution in [0.4, 0.5) is 5.13 Å². The molecule has 0 bridgehead atoms. The lowest BCUT2D eigenvalue weighted by Gasteiger charge is -2.32. The smallest absolute Gasteiger partial charge is 0.214 e. The van der Waals surface area contributed by atoms with Gasteiger partial charge in [0.1, 0.15) is 11.3 Å². The van der Waals surface area contributed by atoms with Crippen molar-refractivity contribution in [3.8, 4) is 5.75 Å². The van der Waals surface area contributed by atoms with Gasteiger partial charge in [-0.1, -0.05) is 17.4 Å². The Morgan fingerprint density at radius 2 is 2.20 bits per heavy atom. The van der Waals surface area contributed by atoms with E-state index >= 15 is 0 Å². The Kier molecular flexibility index (Phi) is 4.59. The lowest BCUT2D eigenvalue weighted by molar-refractivity contribution is 0.343. The van der Waals surface area contributed by atoms with Gasteiger partial charge in [0.15, 0.2) is 5.13 Å². The fraction of sp³-hybridized carbons (Fsp3) is 0.588. The number of benzene rings is 1. The van der Waals surface area contributed by atoms with Crippen LogP contribution in [0.2, 0.25) is 0 Å². The lowest BCUT2D eigenvalue weighted by Crippen LogP contribution is -2.48. The van der Waals surface area contributed by atoms with Crippen LogP contribution in [0.3, 0.4) is 0 Å². The summed E-state index contributed by atoms with van der Waals surface area (Å²) in [6, 6.07) is 5.95. The number of hydrogen-bond acceptors (Lipinski definition) is 6. The van der Waals surface area contributed by atoms with Crippen molar-refractivity contribution < 1.29 is 13.2 Å². The summed E-state index contributed by atoms with van der Waals surface area (Å²) in [7, 11) is -3.14. The molecule has 1 aromatic carbocycles. The van der Waals surface area contributed by atoms with Crippen molar-refractivity contribution in [3.63, 3.8) is 0 Å². The highest BCUT2D eigenvalue weighted by atomic mass is 32.2. The average Bonchev–Trinajstić information content (AvgIpc) is 3.36. The van der Waals surface area contributed by atoms with E-state index in [2.05, 4.69) is 15.7 Å². The first-order chi connectivity index (χ1) is 12.1. The van der Waals surface area contributed by atoms with Crippen molar-refractivity contribution in [1.29, 1.82) is 0 Å². The van der Waals surface area contributed by atoms with Crippen LogP contribution >= 0.6 is 11.3 Å². The molecule has 1 aliphatic heterocycles. The van der Waals surface area contributed by atoms with Crippen LogP contribution in [0.5, 0.6) is 5.75 Å². The molecule has 4 rings (SSSR count).